The molecule has 0 saturated carbocycles. The molecule has 4 heteroatoms. The number of H-pyrrole nitrogens is 1. The molecule has 0 spiro atoms. The third-order valence-electron chi connectivity index (χ3n) is 3.83. The lowest BCUT2D eigenvalue weighted by Crippen LogP contribution is -2.29. The molecule has 1 amide bonds. The van der Waals surface area contributed by atoms with Crippen LogP contribution in [-0.4, -0.2) is 10.9 Å². The fourth-order valence-electron chi connectivity index (χ4n) is 2.82. The largest absolute Gasteiger partial charge is 0.358 e. The molecular formula is C14H17N3O. The molecule has 2 aromatic rings. The fraction of sp³-hybridized carbons (Fsp3) is 0.357. The molecule has 0 bridgehead atoms. The van der Waals surface area contributed by atoms with Gasteiger partial charge < -0.3 is 4.98 Å². The number of rotatable bonds is 1. The number of fused-ring (bicyclic) bond motifs is 3. The number of carbonyl (C=O) groups excluding carboxylic acids is 1. The number of nitrogen functional groups attached to an aromatic ring is 1. The molecule has 3 rings (SSSR count). The molecule has 1 aromatic carbocycles. The van der Waals surface area contributed by atoms with Crippen molar-refractivity contribution in [1.82, 2.24) is 10.4 Å². The van der Waals surface area contributed by atoms with Crippen molar-refractivity contribution < 1.29 is 4.79 Å². The number of benzene rings is 1. The molecule has 0 radical (unpaired) electrons. The van der Waals surface area contributed by atoms with E-state index in [1.807, 2.05) is 12.1 Å². The van der Waals surface area contributed by atoms with Gasteiger partial charge in [0.05, 0.1) is 0 Å². The number of hydrogen-bond donors (Lipinski definition) is 3. The number of aromatic nitrogens is 1. The number of carbonyl (C=O) groups is 1. The molecule has 0 fully saturated rings. The van der Waals surface area contributed by atoms with Gasteiger partial charge in [0.15, 0.2) is 0 Å². The van der Waals surface area contributed by atoms with Gasteiger partial charge in [-0.2, -0.15) is 0 Å². The number of hydrazine groups is 1. The van der Waals surface area contributed by atoms with Gasteiger partial charge >= 0.3 is 0 Å². The highest BCUT2D eigenvalue weighted by molar-refractivity contribution is 5.98. The maximum absolute atomic E-state index is 11.6. The van der Waals surface area contributed by atoms with Crippen molar-refractivity contribution in [2.24, 2.45) is 11.8 Å². The molecule has 0 saturated heterocycles. The first-order chi connectivity index (χ1) is 8.69. The van der Waals surface area contributed by atoms with Crippen molar-refractivity contribution in [2.45, 2.75) is 26.2 Å². The lowest BCUT2D eigenvalue weighted by atomic mass is 9.87. The fourth-order valence-corrected chi connectivity index (χ4v) is 2.82. The summed E-state index contributed by atoms with van der Waals surface area (Å²) in [4.78, 5) is 15.0. The topological polar surface area (TPSA) is 70.9 Å². The summed E-state index contributed by atoms with van der Waals surface area (Å²) in [6.07, 6.45) is 3.42. The maximum atomic E-state index is 11.6. The van der Waals surface area contributed by atoms with Crippen LogP contribution in [0.4, 0.5) is 0 Å². The Morgan fingerprint density at radius 3 is 3.11 bits per heavy atom. The first-order valence-corrected chi connectivity index (χ1v) is 6.33. The van der Waals surface area contributed by atoms with E-state index in [4.69, 9.17) is 5.84 Å². The van der Waals surface area contributed by atoms with Gasteiger partial charge in [-0.05, 0) is 48.9 Å². The Morgan fingerprint density at radius 1 is 1.50 bits per heavy atom. The van der Waals surface area contributed by atoms with Crippen LogP contribution in [0.15, 0.2) is 18.2 Å². The normalized spacial score (nSPS) is 18.7. The molecule has 1 unspecified atom stereocenters. The van der Waals surface area contributed by atoms with E-state index in [-0.39, 0.29) is 5.91 Å². The van der Waals surface area contributed by atoms with Crippen LogP contribution in [-0.2, 0) is 12.8 Å². The smallest absolute Gasteiger partial charge is 0.265 e. The minimum atomic E-state index is -0.240. The number of aryl methyl sites for hydroxylation is 1. The Hall–Kier alpha value is -1.81. The lowest BCUT2D eigenvalue weighted by molar-refractivity contribution is 0.0954. The SMILES string of the molecule is CC1CCc2[nH]c3ccc(C(=O)NN)cc3c2C1. The van der Waals surface area contributed by atoms with Crippen LogP contribution >= 0.6 is 0 Å². The van der Waals surface area contributed by atoms with Crippen molar-refractivity contribution in [2.75, 3.05) is 0 Å². The molecule has 18 heavy (non-hydrogen) atoms. The maximum Gasteiger partial charge on any atom is 0.265 e. The van der Waals surface area contributed by atoms with Gasteiger partial charge in [-0.3, -0.25) is 10.2 Å². The summed E-state index contributed by atoms with van der Waals surface area (Å²) in [5, 5.41) is 1.16. The van der Waals surface area contributed by atoms with Crippen LogP contribution in [0.2, 0.25) is 0 Å². The number of hydrogen-bond acceptors (Lipinski definition) is 2. The molecule has 1 atom stereocenters. The quantitative estimate of drug-likeness (QED) is 0.406. The van der Waals surface area contributed by atoms with Crippen molar-refractivity contribution in [1.29, 1.82) is 0 Å². The average Bonchev–Trinajstić information content (AvgIpc) is 2.75. The molecular weight excluding hydrogens is 226 g/mol. The Balaban J connectivity index is 2.15. The second kappa shape index (κ2) is 4.14. The van der Waals surface area contributed by atoms with Gasteiger partial charge in [-0.15, -0.1) is 0 Å². The number of aromatic amines is 1. The van der Waals surface area contributed by atoms with E-state index in [0.29, 0.717) is 11.5 Å². The predicted octanol–water partition coefficient (Wildman–Crippen LogP) is 1.90. The third kappa shape index (κ3) is 1.69. The average molecular weight is 243 g/mol. The van der Waals surface area contributed by atoms with Crippen LogP contribution in [0, 0.1) is 5.92 Å². The first-order valence-electron chi connectivity index (χ1n) is 6.33. The zero-order valence-corrected chi connectivity index (χ0v) is 10.4. The highest BCUT2D eigenvalue weighted by atomic mass is 16.2. The molecule has 0 aliphatic heterocycles. The minimum Gasteiger partial charge on any atom is -0.358 e. The number of nitrogens with two attached hydrogens (primary N) is 1. The van der Waals surface area contributed by atoms with E-state index in [9.17, 15) is 4.79 Å². The van der Waals surface area contributed by atoms with Crippen LogP contribution in [0.1, 0.15) is 35.0 Å². The van der Waals surface area contributed by atoms with Gasteiger partial charge in [-0.1, -0.05) is 6.92 Å². The zero-order chi connectivity index (χ0) is 12.7. The second-order valence-electron chi connectivity index (χ2n) is 5.16. The Morgan fingerprint density at radius 2 is 2.33 bits per heavy atom. The molecule has 1 aliphatic rings. The Kier molecular flexibility index (Phi) is 2.59. The molecule has 1 heterocycles. The predicted molar refractivity (Wildman–Crippen MR) is 71.1 cm³/mol. The van der Waals surface area contributed by atoms with Gasteiger partial charge in [0.25, 0.3) is 5.91 Å². The number of nitrogens with one attached hydrogen (secondary N) is 2. The zero-order valence-electron chi connectivity index (χ0n) is 10.4. The van der Waals surface area contributed by atoms with Gasteiger partial charge in [0.2, 0.25) is 0 Å². The monoisotopic (exact) mass is 243 g/mol. The summed E-state index contributed by atoms with van der Waals surface area (Å²) in [7, 11) is 0. The van der Waals surface area contributed by atoms with E-state index < -0.39 is 0 Å². The van der Waals surface area contributed by atoms with Crippen molar-refractivity contribution in [3.05, 3.63) is 35.0 Å². The third-order valence-corrected chi connectivity index (χ3v) is 3.83. The Bertz CT molecular complexity index is 615. The van der Waals surface area contributed by atoms with Crippen LogP contribution in [0.5, 0.6) is 0 Å². The summed E-state index contributed by atoms with van der Waals surface area (Å²) >= 11 is 0. The molecule has 94 valence electrons. The van der Waals surface area contributed by atoms with Gasteiger partial charge in [0.1, 0.15) is 0 Å². The molecule has 1 aliphatic carbocycles. The van der Waals surface area contributed by atoms with Crippen molar-refractivity contribution in [3.63, 3.8) is 0 Å². The summed E-state index contributed by atoms with van der Waals surface area (Å²) in [6.45, 7) is 2.28. The molecule has 4 N–H and O–H groups in total. The summed E-state index contributed by atoms with van der Waals surface area (Å²) < 4.78 is 0. The van der Waals surface area contributed by atoms with E-state index in [0.717, 1.165) is 23.7 Å². The minimum absolute atomic E-state index is 0.240. The molecule has 1 aromatic heterocycles. The van der Waals surface area contributed by atoms with E-state index in [1.54, 1.807) is 6.07 Å². The highest BCUT2D eigenvalue weighted by Crippen LogP contribution is 2.32. The van der Waals surface area contributed by atoms with E-state index in [2.05, 4.69) is 17.3 Å². The van der Waals surface area contributed by atoms with Crippen LogP contribution in [0.25, 0.3) is 10.9 Å². The summed E-state index contributed by atoms with van der Waals surface area (Å²) in [6, 6.07) is 5.70. The highest BCUT2D eigenvalue weighted by Gasteiger charge is 2.20. The van der Waals surface area contributed by atoms with E-state index in [1.165, 1.54) is 17.7 Å². The van der Waals surface area contributed by atoms with Crippen LogP contribution < -0.4 is 11.3 Å². The Labute approximate surface area is 106 Å². The number of amides is 1. The van der Waals surface area contributed by atoms with E-state index >= 15 is 0 Å². The van der Waals surface area contributed by atoms with Crippen molar-refractivity contribution in [3.8, 4) is 0 Å². The first kappa shape index (κ1) is 11.3. The van der Waals surface area contributed by atoms with Gasteiger partial charge in [-0.25, -0.2) is 5.84 Å². The summed E-state index contributed by atoms with van der Waals surface area (Å²) in [5.41, 5.74) is 6.61. The molecule has 4 nitrogen and oxygen atoms in total. The second-order valence-corrected chi connectivity index (χ2v) is 5.16. The summed E-state index contributed by atoms with van der Waals surface area (Å²) in [5.74, 6) is 5.65. The van der Waals surface area contributed by atoms with Gasteiger partial charge in [0, 0.05) is 22.2 Å². The van der Waals surface area contributed by atoms with Crippen LogP contribution in [0.3, 0.4) is 0 Å². The van der Waals surface area contributed by atoms with Crippen molar-refractivity contribution >= 4 is 16.8 Å². The lowest BCUT2D eigenvalue weighted by Gasteiger charge is -2.18. The standard InChI is InChI=1S/C14H17N3O/c1-8-2-4-12-10(6-8)11-7-9(14(18)17-15)3-5-13(11)16-12/h3,5,7-8,16H,2,4,6,15H2,1H3,(H,17,18).